The first-order chi connectivity index (χ1) is 8.75. The molecule has 0 spiro atoms. The summed E-state index contributed by atoms with van der Waals surface area (Å²) in [5.74, 6) is -0.0305. The number of aromatic nitrogens is 3. The van der Waals surface area contributed by atoms with E-state index < -0.39 is 0 Å². The highest BCUT2D eigenvalue weighted by Crippen LogP contribution is 2.17. The van der Waals surface area contributed by atoms with Gasteiger partial charge in [-0.2, -0.15) is 0 Å². The van der Waals surface area contributed by atoms with Gasteiger partial charge in [-0.05, 0) is 24.3 Å². The molecule has 18 heavy (non-hydrogen) atoms. The summed E-state index contributed by atoms with van der Waals surface area (Å²) >= 11 is 0. The Hall–Kier alpha value is -2.69. The van der Waals surface area contributed by atoms with Gasteiger partial charge in [0, 0.05) is 0 Å². The van der Waals surface area contributed by atoms with Crippen LogP contribution >= 0.6 is 0 Å². The minimum Gasteiger partial charge on any atom is -0.382 e. The molecule has 0 aliphatic carbocycles. The van der Waals surface area contributed by atoms with Crippen LogP contribution in [0.4, 0.5) is 0 Å². The van der Waals surface area contributed by atoms with Crippen LogP contribution in [0, 0.1) is 5.41 Å². The van der Waals surface area contributed by atoms with Crippen molar-refractivity contribution < 1.29 is 0 Å². The van der Waals surface area contributed by atoms with Crippen LogP contribution in [-0.2, 0) is 0 Å². The molecule has 0 aliphatic heterocycles. The minimum atomic E-state index is -0.0305. The molecular weight excluding hydrogens is 226 g/mol. The van der Waals surface area contributed by atoms with Gasteiger partial charge < -0.3 is 5.73 Å². The smallest absolute Gasteiger partial charge is 0.141 e. The lowest BCUT2D eigenvalue weighted by molar-refractivity contribution is 1.07. The number of hydrogen-bond acceptors (Lipinski definition) is 3. The van der Waals surface area contributed by atoms with Crippen molar-refractivity contribution in [2.24, 2.45) is 5.73 Å². The number of benzene rings is 1. The van der Waals surface area contributed by atoms with Gasteiger partial charge in [-0.3, -0.25) is 15.0 Å². The summed E-state index contributed by atoms with van der Waals surface area (Å²) in [5, 5.41) is 7.31. The molecule has 0 saturated carbocycles. The summed E-state index contributed by atoms with van der Waals surface area (Å²) in [6.45, 7) is 0. The van der Waals surface area contributed by atoms with Crippen molar-refractivity contribution in [1.29, 1.82) is 5.41 Å². The molecule has 2 heterocycles. The number of nitrogen functional groups attached to an aromatic ring is 1. The van der Waals surface area contributed by atoms with Crippen molar-refractivity contribution in [3.8, 4) is 5.69 Å². The van der Waals surface area contributed by atoms with E-state index in [1.54, 1.807) is 18.6 Å². The molecule has 0 aliphatic rings. The molecule has 5 nitrogen and oxygen atoms in total. The molecule has 0 unspecified atom stereocenters. The van der Waals surface area contributed by atoms with E-state index in [9.17, 15) is 0 Å². The largest absolute Gasteiger partial charge is 0.382 e. The number of hydrogen-bond donors (Lipinski definition) is 2. The molecule has 0 saturated heterocycles. The molecule has 0 fully saturated rings. The number of rotatable bonds is 2. The quantitative estimate of drug-likeness (QED) is 0.526. The van der Waals surface area contributed by atoms with Crippen LogP contribution in [0.1, 0.15) is 5.69 Å². The number of pyridine rings is 1. The van der Waals surface area contributed by atoms with E-state index in [-0.39, 0.29) is 5.84 Å². The highest BCUT2D eigenvalue weighted by molar-refractivity contribution is 5.93. The van der Waals surface area contributed by atoms with E-state index in [2.05, 4.69) is 9.97 Å². The number of amidine groups is 1. The molecule has 0 bridgehead atoms. The zero-order valence-electron chi connectivity index (χ0n) is 9.54. The fraction of sp³-hybridized carbons (Fsp3) is 0. The molecule has 0 amide bonds. The minimum absolute atomic E-state index is 0.0305. The van der Waals surface area contributed by atoms with E-state index in [1.165, 1.54) is 0 Å². The van der Waals surface area contributed by atoms with Crippen LogP contribution in [0.3, 0.4) is 0 Å². The second-order valence-corrected chi connectivity index (χ2v) is 3.92. The lowest BCUT2D eigenvalue weighted by Crippen LogP contribution is -2.13. The summed E-state index contributed by atoms with van der Waals surface area (Å²) in [7, 11) is 0. The van der Waals surface area contributed by atoms with Crippen LogP contribution in [0.25, 0.3) is 16.7 Å². The van der Waals surface area contributed by atoms with Gasteiger partial charge in [-0.25, -0.2) is 4.98 Å². The van der Waals surface area contributed by atoms with Crippen molar-refractivity contribution in [2.75, 3.05) is 0 Å². The van der Waals surface area contributed by atoms with Crippen molar-refractivity contribution in [3.63, 3.8) is 0 Å². The maximum atomic E-state index is 7.31. The molecule has 0 atom stereocenters. The molecule has 5 heteroatoms. The summed E-state index contributed by atoms with van der Waals surface area (Å²) in [4.78, 5) is 8.46. The van der Waals surface area contributed by atoms with Gasteiger partial charge in [-0.15, -0.1) is 0 Å². The summed E-state index contributed by atoms with van der Waals surface area (Å²) in [6, 6.07) is 11.5. The number of para-hydroxylation sites is 2. The zero-order chi connectivity index (χ0) is 12.5. The normalized spacial score (nSPS) is 10.7. The first kappa shape index (κ1) is 10.5. The highest BCUT2D eigenvalue weighted by Gasteiger charge is 2.04. The van der Waals surface area contributed by atoms with E-state index in [0.717, 1.165) is 16.7 Å². The molecule has 0 radical (unpaired) electrons. The Balaban J connectivity index is 2.12. The van der Waals surface area contributed by atoms with Gasteiger partial charge in [0.25, 0.3) is 0 Å². The van der Waals surface area contributed by atoms with Gasteiger partial charge in [0.2, 0.25) is 0 Å². The van der Waals surface area contributed by atoms with Crippen LogP contribution in [0.15, 0.2) is 48.9 Å². The predicted molar refractivity (Wildman–Crippen MR) is 69.9 cm³/mol. The van der Waals surface area contributed by atoms with Gasteiger partial charge in [0.1, 0.15) is 17.9 Å². The second kappa shape index (κ2) is 3.96. The third kappa shape index (κ3) is 1.62. The number of nitrogens with zero attached hydrogens (tertiary/aromatic N) is 3. The third-order valence-electron chi connectivity index (χ3n) is 2.76. The van der Waals surface area contributed by atoms with E-state index in [0.29, 0.717) is 5.69 Å². The Morgan fingerprint density at radius 1 is 1.11 bits per heavy atom. The van der Waals surface area contributed by atoms with Crippen molar-refractivity contribution in [1.82, 2.24) is 14.5 Å². The Kier molecular flexibility index (Phi) is 2.30. The van der Waals surface area contributed by atoms with Crippen molar-refractivity contribution in [2.45, 2.75) is 0 Å². The average Bonchev–Trinajstić information content (AvgIpc) is 2.82. The topological polar surface area (TPSA) is 80.6 Å². The van der Waals surface area contributed by atoms with Gasteiger partial charge in [-0.1, -0.05) is 12.1 Å². The standard InChI is InChI=1S/C13H11N5/c14-13(15)11-6-5-9(7-16-11)18-8-17-10-3-1-2-4-12(10)18/h1-8H,(H3,14,15). The molecule has 3 rings (SSSR count). The molecule has 2 aromatic heterocycles. The molecule has 88 valence electrons. The Morgan fingerprint density at radius 2 is 1.94 bits per heavy atom. The van der Waals surface area contributed by atoms with Gasteiger partial charge >= 0.3 is 0 Å². The Bertz CT molecular complexity index is 712. The van der Waals surface area contributed by atoms with Gasteiger partial charge in [0.15, 0.2) is 0 Å². The maximum Gasteiger partial charge on any atom is 0.141 e. The van der Waals surface area contributed by atoms with Crippen LogP contribution in [0.5, 0.6) is 0 Å². The second-order valence-electron chi connectivity index (χ2n) is 3.92. The zero-order valence-corrected chi connectivity index (χ0v) is 9.54. The summed E-state index contributed by atoms with van der Waals surface area (Å²) in [5.41, 5.74) is 8.71. The molecule has 3 aromatic rings. The van der Waals surface area contributed by atoms with Crippen LogP contribution < -0.4 is 5.73 Å². The molecule has 3 N–H and O–H groups in total. The van der Waals surface area contributed by atoms with E-state index in [4.69, 9.17) is 11.1 Å². The van der Waals surface area contributed by atoms with Crippen molar-refractivity contribution in [3.05, 3.63) is 54.6 Å². The fourth-order valence-electron chi connectivity index (χ4n) is 1.85. The lowest BCUT2D eigenvalue weighted by atomic mass is 10.3. The summed E-state index contributed by atoms with van der Waals surface area (Å²) < 4.78 is 1.95. The average molecular weight is 237 g/mol. The van der Waals surface area contributed by atoms with E-state index >= 15 is 0 Å². The lowest BCUT2D eigenvalue weighted by Gasteiger charge is -2.04. The predicted octanol–water partition coefficient (Wildman–Crippen LogP) is 1.70. The first-order valence-electron chi connectivity index (χ1n) is 5.48. The van der Waals surface area contributed by atoms with Crippen molar-refractivity contribution >= 4 is 16.9 Å². The molecule has 1 aromatic carbocycles. The molecular formula is C13H11N5. The number of imidazole rings is 1. The monoisotopic (exact) mass is 237 g/mol. The van der Waals surface area contributed by atoms with Crippen LogP contribution in [0.2, 0.25) is 0 Å². The Morgan fingerprint density at radius 3 is 2.67 bits per heavy atom. The maximum absolute atomic E-state index is 7.31. The highest BCUT2D eigenvalue weighted by atomic mass is 15.1. The number of nitrogens with two attached hydrogens (primary N) is 1. The fourth-order valence-corrected chi connectivity index (χ4v) is 1.85. The van der Waals surface area contributed by atoms with Gasteiger partial charge in [0.05, 0.1) is 22.9 Å². The number of nitrogens with one attached hydrogen (secondary N) is 1. The first-order valence-corrected chi connectivity index (χ1v) is 5.48. The van der Waals surface area contributed by atoms with E-state index in [1.807, 2.05) is 34.9 Å². The SMILES string of the molecule is N=C(N)c1ccc(-n2cnc3ccccc32)cn1. The third-order valence-corrected chi connectivity index (χ3v) is 2.76. The number of fused-ring (bicyclic) bond motifs is 1. The van der Waals surface area contributed by atoms with Crippen LogP contribution in [-0.4, -0.2) is 20.4 Å². The Labute approximate surface area is 103 Å². The summed E-state index contributed by atoms with van der Waals surface area (Å²) in [6.07, 6.45) is 3.44.